The summed E-state index contributed by atoms with van der Waals surface area (Å²) in [5, 5.41) is 10.1. The Bertz CT molecular complexity index is 969. The molecule has 1 N–H and O–H groups in total. The summed E-state index contributed by atoms with van der Waals surface area (Å²) in [6.07, 6.45) is 0.307. The minimum absolute atomic E-state index is 0.0930. The van der Waals surface area contributed by atoms with Crippen molar-refractivity contribution in [2.45, 2.75) is 13.3 Å². The molecule has 1 saturated heterocycles. The topological polar surface area (TPSA) is 83.9 Å². The molecule has 6 heteroatoms. The SMILES string of the molecule is CC(=O)c1ccccc1C(=O)N1C[C@H]2COc3ccccc3C[C@@]2(C(=O)O)C1. The monoisotopic (exact) mass is 379 g/mol. The Labute approximate surface area is 162 Å². The first-order valence-corrected chi connectivity index (χ1v) is 9.26. The lowest BCUT2D eigenvalue weighted by Crippen LogP contribution is -2.42. The Morgan fingerprint density at radius 3 is 2.46 bits per heavy atom. The summed E-state index contributed by atoms with van der Waals surface area (Å²) in [7, 11) is 0. The number of rotatable bonds is 3. The van der Waals surface area contributed by atoms with Crippen LogP contribution in [0.5, 0.6) is 5.75 Å². The van der Waals surface area contributed by atoms with E-state index in [9.17, 15) is 19.5 Å². The summed E-state index contributed by atoms with van der Waals surface area (Å²) in [5.41, 5.74) is 0.401. The number of carboxylic acids is 1. The molecular weight excluding hydrogens is 358 g/mol. The van der Waals surface area contributed by atoms with Gasteiger partial charge in [-0.25, -0.2) is 0 Å². The maximum Gasteiger partial charge on any atom is 0.312 e. The van der Waals surface area contributed by atoms with Gasteiger partial charge in [-0.1, -0.05) is 36.4 Å². The summed E-state index contributed by atoms with van der Waals surface area (Å²) in [6, 6.07) is 14.1. The van der Waals surface area contributed by atoms with Gasteiger partial charge in [-0.3, -0.25) is 14.4 Å². The van der Waals surface area contributed by atoms with Crippen LogP contribution in [-0.2, 0) is 11.2 Å². The van der Waals surface area contributed by atoms with Gasteiger partial charge in [-0.15, -0.1) is 0 Å². The highest BCUT2D eigenvalue weighted by atomic mass is 16.5. The summed E-state index contributed by atoms with van der Waals surface area (Å²) in [6.45, 7) is 2.03. The molecule has 6 nitrogen and oxygen atoms in total. The van der Waals surface area contributed by atoms with E-state index in [1.807, 2.05) is 24.3 Å². The zero-order chi connectivity index (χ0) is 19.9. The molecule has 2 atom stereocenters. The number of aliphatic carboxylic acids is 1. The second-order valence-corrected chi connectivity index (χ2v) is 7.54. The van der Waals surface area contributed by atoms with E-state index in [-0.39, 0.29) is 37.3 Å². The van der Waals surface area contributed by atoms with Gasteiger partial charge in [0.25, 0.3) is 5.91 Å². The molecule has 0 aliphatic carbocycles. The highest BCUT2D eigenvalue weighted by Crippen LogP contribution is 2.44. The van der Waals surface area contributed by atoms with Crippen LogP contribution in [0.4, 0.5) is 0 Å². The van der Waals surface area contributed by atoms with Crippen LogP contribution in [0, 0.1) is 11.3 Å². The first kappa shape index (κ1) is 18.2. The number of likely N-dealkylation sites (tertiary alicyclic amines) is 1. The smallest absolute Gasteiger partial charge is 0.312 e. The Kier molecular flexibility index (Phi) is 4.41. The first-order chi connectivity index (χ1) is 13.4. The number of hydrogen-bond acceptors (Lipinski definition) is 4. The molecule has 28 heavy (non-hydrogen) atoms. The number of para-hydroxylation sites is 1. The number of ketones is 1. The number of fused-ring (bicyclic) bond motifs is 2. The zero-order valence-corrected chi connectivity index (χ0v) is 15.6. The molecule has 0 spiro atoms. The number of benzene rings is 2. The van der Waals surface area contributed by atoms with E-state index in [4.69, 9.17) is 4.74 Å². The second-order valence-electron chi connectivity index (χ2n) is 7.54. The van der Waals surface area contributed by atoms with E-state index in [2.05, 4.69) is 0 Å². The van der Waals surface area contributed by atoms with Gasteiger partial charge in [-0.2, -0.15) is 0 Å². The Balaban J connectivity index is 1.69. The largest absolute Gasteiger partial charge is 0.493 e. The van der Waals surface area contributed by atoms with Crippen molar-refractivity contribution >= 4 is 17.7 Å². The summed E-state index contributed by atoms with van der Waals surface area (Å²) in [4.78, 5) is 39.0. The molecule has 2 heterocycles. The molecule has 0 radical (unpaired) electrons. The quantitative estimate of drug-likeness (QED) is 0.829. The maximum absolute atomic E-state index is 13.2. The van der Waals surface area contributed by atoms with Gasteiger partial charge >= 0.3 is 5.97 Å². The number of Topliss-reactive ketones (excluding diaryl/α,β-unsaturated/α-hetero) is 1. The van der Waals surface area contributed by atoms with E-state index < -0.39 is 11.4 Å². The molecule has 0 bridgehead atoms. The molecule has 2 aromatic carbocycles. The van der Waals surface area contributed by atoms with Crippen LogP contribution < -0.4 is 4.74 Å². The van der Waals surface area contributed by atoms with Crippen molar-refractivity contribution < 1.29 is 24.2 Å². The molecule has 0 saturated carbocycles. The third-order valence-electron chi connectivity index (χ3n) is 5.86. The van der Waals surface area contributed by atoms with Gasteiger partial charge in [0, 0.05) is 24.6 Å². The van der Waals surface area contributed by atoms with Crippen LogP contribution in [0.1, 0.15) is 33.2 Å². The normalized spacial score (nSPS) is 23.2. The van der Waals surface area contributed by atoms with Crippen molar-refractivity contribution in [3.63, 3.8) is 0 Å². The van der Waals surface area contributed by atoms with E-state index >= 15 is 0 Å². The molecule has 4 rings (SSSR count). The Hall–Kier alpha value is -3.15. The third-order valence-corrected chi connectivity index (χ3v) is 5.86. The second kappa shape index (κ2) is 6.78. The molecule has 0 aromatic heterocycles. The summed E-state index contributed by atoms with van der Waals surface area (Å²) >= 11 is 0. The number of nitrogens with zero attached hydrogens (tertiary/aromatic N) is 1. The van der Waals surface area contributed by atoms with Crippen molar-refractivity contribution in [2.24, 2.45) is 11.3 Å². The van der Waals surface area contributed by atoms with Crippen molar-refractivity contribution in [2.75, 3.05) is 19.7 Å². The molecule has 144 valence electrons. The Morgan fingerprint density at radius 1 is 1.07 bits per heavy atom. The highest BCUT2D eigenvalue weighted by molar-refractivity contribution is 6.07. The van der Waals surface area contributed by atoms with E-state index in [0.717, 1.165) is 5.56 Å². The average Bonchev–Trinajstić information content (AvgIpc) is 2.98. The predicted octanol–water partition coefficient (Wildman–Crippen LogP) is 2.67. The minimum Gasteiger partial charge on any atom is -0.493 e. The van der Waals surface area contributed by atoms with Crippen LogP contribution in [0.2, 0.25) is 0 Å². The lowest BCUT2D eigenvalue weighted by molar-refractivity contribution is -0.150. The number of amides is 1. The minimum atomic E-state index is -1.10. The van der Waals surface area contributed by atoms with Gasteiger partial charge in [0.15, 0.2) is 5.78 Å². The zero-order valence-electron chi connectivity index (χ0n) is 15.6. The molecule has 2 aromatic rings. The fourth-order valence-electron chi connectivity index (χ4n) is 4.33. The van der Waals surface area contributed by atoms with Gasteiger partial charge < -0.3 is 14.7 Å². The molecule has 0 unspecified atom stereocenters. The standard InChI is InChI=1S/C22H21NO5/c1-14(24)17-7-3-4-8-18(17)20(25)23-11-16-12-28-19-9-5-2-6-15(19)10-22(16,13-23)21(26)27/h2-9,16H,10-13H2,1H3,(H,26,27)/t16-,22+/m0/s1. The van der Waals surface area contributed by atoms with Crippen LogP contribution >= 0.6 is 0 Å². The van der Waals surface area contributed by atoms with E-state index in [1.165, 1.54) is 6.92 Å². The van der Waals surface area contributed by atoms with Crippen molar-refractivity contribution in [3.05, 3.63) is 65.2 Å². The van der Waals surface area contributed by atoms with Crippen molar-refractivity contribution in [3.8, 4) is 5.75 Å². The third kappa shape index (κ3) is 2.85. The number of ether oxygens (including phenoxy) is 1. The predicted molar refractivity (Wildman–Crippen MR) is 102 cm³/mol. The number of carboxylic acid groups (broad SMARTS) is 1. The molecule has 1 fully saturated rings. The number of hydrogen-bond donors (Lipinski definition) is 1. The van der Waals surface area contributed by atoms with Crippen LogP contribution in [0.25, 0.3) is 0 Å². The van der Waals surface area contributed by atoms with Gasteiger partial charge in [-0.05, 0) is 31.0 Å². The van der Waals surface area contributed by atoms with Crippen molar-refractivity contribution in [1.82, 2.24) is 4.90 Å². The molecule has 2 aliphatic rings. The lowest BCUT2D eigenvalue weighted by Gasteiger charge is -2.27. The Morgan fingerprint density at radius 2 is 1.75 bits per heavy atom. The van der Waals surface area contributed by atoms with E-state index in [0.29, 0.717) is 23.3 Å². The molecule has 1 amide bonds. The maximum atomic E-state index is 13.2. The fourth-order valence-corrected chi connectivity index (χ4v) is 4.33. The molecular formula is C22H21NO5. The van der Waals surface area contributed by atoms with Crippen LogP contribution in [-0.4, -0.2) is 47.4 Å². The van der Waals surface area contributed by atoms with E-state index in [1.54, 1.807) is 29.2 Å². The highest BCUT2D eigenvalue weighted by Gasteiger charge is 2.55. The number of carbonyl (C=O) groups excluding carboxylic acids is 2. The first-order valence-electron chi connectivity index (χ1n) is 9.26. The summed E-state index contributed by atoms with van der Waals surface area (Å²) in [5.74, 6) is -1.05. The average molecular weight is 379 g/mol. The van der Waals surface area contributed by atoms with Crippen LogP contribution in [0.3, 0.4) is 0 Å². The van der Waals surface area contributed by atoms with Gasteiger partial charge in [0.05, 0.1) is 17.6 Å². The van der Waals surface area contributed by atoms with Gasteiger partial charge in [0.2, 0.25) is 0 Å². The molecule has 2 aliphatic heterocycles. The fraction of sp³-hybridized carbons (Fsp3) is 0.318. The summed E-state index contributed by atoms with van der Waals surface area (Å²) < 4.78 is 5.88. The van der Waals surface area contributed by atoms with Crippen LogP contribution in [0.15, 0.2) is 48.5 Å². The lowest BCUT2D eigenvalue weighted by atomic mass is 9.74. The van der Waals surface area contributed by atoms with Crippen molar-refractivity contribution in [1.29, 1.82) is 0 Å². The van der Waals surface area contributed by atoms with Gasteiger partial charge in [0.1, 0.15) is 5.75 Å². The number of carbonyl (C=O) groups is 3.